The molecule has 0 radical (unpaired) electrons. The second-order valence-electron chi connectivity index (χ2n) is 6.19. The molecule has 0 unspecified atom stereocenters. The van der Waals surface area contributed by atoms with Crippen LogP contribution in [0, 0.1) is 13.8 Å². The summed E-state index contributed by atoms with van der Waals surface area (Å²) >= 11 is 5.26. The number of anilines is 1. The monoisotopic (exact) mass is 363 g/mol. The van der Waals surface area contributed by atoms with E-state index in [0.29, 0.717) is 5.11 Å². The molecule has 0 saturated heterocycles. The molecule has 0 aliphatic carbocycles. The molecule has 0 fully saturated rings. The average Bonchev–Trinajstić information content (AvgIpc) is 2.64. The van der Waals surface area contributed by atoms with E-state index in [1.54, 1.807) is 0 Å². The zero-order valence-electron chi connectivity index (χ0n) is 14.8. The first-order valence-electron chi connectivity index (χ1n) is 8.43. The molecule has 4 nitrogen and oxygen atoms in total. The third kappa shape index (κ3) is 4.18. The summed E-state index contributed by atoms with van der Waals surface area (Å²) in [6.45, 7) is 4.07. The van der Waals surface area contributed by atoms with Crippen molar-refractivity contribution in [1.82, 2.24) is 10.9 Å². The van der Waals surface area contributed by atoms with Gasteiger partial charge in [-0.25, -0.2) is 0 Å². The van der Waals surface area contributed by atoms with Crippen LogP contribution in [0.2, 0.25) is 0 Å². The first-order valence-corrected chi connectivity index (χ1v) is 8.84. The summed E-state index contributed by atoms with van der Waals surface area (Å²) in [4.78, 5) is 12.3. The Morgan fingerprint density at radius 2 is 1.65 bits per heavy atom. The van der Waals surface area contributed by atoms with Crippen LogP contribution in [0.5, 0.6) is 0 Å². The number of hydrazine groups is 1. The van der Waals surface area contributed by atoms with Gasteiger partial charge in [0.25, 0.3) is 0 Å². The molecule has 0 spiro atoms. The number of carbonyl (C=O) groups excluding carboxylic acids is 1. The summed E-state index contributed by atoms with van der Waals surface area (Å²) in [5.41, 5.74) is 9.63. The lowest BCUT2D eigenvalue weighted by Gasteiger charge is -2.14. The van der Waals surface area contributed by atoms with Gasteiger partial charge in [-0.3, -0.25) is 15.6 Å². The van der Waals surface area contributed by atoms with E-state index < -0.39 is 0 Å². The van der Waals surface area contributed by atoms with Gasteiger partial charge in [-0.15, -0.1) is 0 Å². The fourth-order valence-corrected chi connectivity index (χ4v) is 2.99. The van der Waals surface area contributed by atoms with Crippen molar-refractivity contribution < 1.29 is 4.79 Å². The van der Waals surface area contributed by atoms with Crippen molar-refractivity contribution in [1.29, 1.82) is 0 Å². The highest BCUT2D eigenvalue weighted by Crippen LogP contribution is 2.19. The second-order valence-corrected chi connectivity index (χ2v) is 6.60. The van der Waals surface area contributed by atoms with Crippen LogP contribution in [-0.2, 0) is 11.2 Å². The summed E-state index contributed by atoms with van der Waals surface area (Å²) in [7, 11) is 0. The van der Waals surface area contributed by atoms with Gasteiger partial charge < -0.3 is 5.32 Å². The number of carbonyl (C=O) groups is 1. The van der Waals surface area contributed by atoms with Crippen LogP contribution in [-0.4, -0.2) is 11.0 Å². The largest absolute Gasteiger partial charge is 0.331 e. The van der Waals surface area contributed by atoms with Crippen LogP contribution in [0.1, 0.15) is 16.7 Å². The average molecular weight is 363 g/mol. The smallest absolute Gasteiger partial charge is 0.242 e. The Hall–Kier alpha value is -2.92. The van der Waals surface area contributed by atoms with Crippen molar-refractivity contribution in [3.05, 3.63) is 77.4 Å². The van der Waals surface area contributed by atoms with Gasteiger partial charge in [0.15, 0.2) is 5.11 Å². The SMILES string of the molecule is Cc1cccc(NC(=S)NNC(=O)Cc2cccc3ccccc23)c1C. The third-order valence-electron chi connectivity index (χ3n) is 4.40. The highest BCUT2D eigenvalue weighted by Gasteiger charge is 2.08. The topological polar surface area (TPSA) is 53.2 Å². The van der Waals surface area contributed by atoms with E-state index in [1.165, 1.54) is 5.56 Å². The first-order chi connectivity index (χ1) is 12.5. The lowest BCUT2D eigenvalue weighted by Crippen LogP contribution is -2.44. The Labute approximate surface area is 158 Å². The highest BCUT2D eigenvalue weighted by molar-refractivity contribution is 7.80. The van der Waals surface area contributed by atoms with Crippen molar-refractivity contribution in [2.75, 3.05) is 5.32 Å². The van der Waals surface area contributed by atoms with Crippen LogP contribution in [0.4, 0.5) is 5.69 Å². The van der Waals surface area contributed by atoms with E-state index in [1.807, 2.05) is 74.5 Å². The van der Waals surface area contributed by atoms with E-state index in [0.717, 1.165) is 27.6 Å². The molecular weight excluding hydrogens is 342 g/mol. The van der Waals surface area contributed by atoms with Crippen LogP contribution in [0.3, 0.4) is 0 Å². The fraction of sp³-hybridized carbons (Fsp3) is 0.143. The molecule has 1 amide bonds. The van der Waals surface area contributed by atoms with E-state index >= 15 is 0 Å². The Morgan fingerprint density at radius 1 is 0.923 bits per heavy atom. The Morgan fingerprint density at radius 3 is 2.50 bits per heavy atom. The van der Waals surface area contributed by atoms with Crippen LogP contribution in [0.25, 0.3) is 10.8 Å². The fourth-order valence-electron chi connectivity index (χ4n) is 2.83. The normalized spacial score (nSPS) is 10.4. The van der Waals surface area contributed by atoms with Gasteiger partial charge in [-0.2, -0.15) is 0 Å². The summed E-state index contributed by atoms with van der Waals surface area (Å²) in [6, 6.07) is 20.0. The minimum Gasteiger partial charge on any atom is -0.331 e. The number of benzene rings is 3. The van der Waals surface area contributed by atoms with Gasteiger partial charge in [0.2, 0.25) is 5.91 Å². The van der Waals surface area contributed by atoms with Crippen LogP contribution in [0.15, 0.2) is 60.7 Å². The molecule has 3 rings (SSSR count). The van der Waals surface area contributed by atoms with E-state index in [-0.39, 0.29) is 12.3 Å². The third-order valence-corrected chi connectivity index (χ3v) is 4.60. The quantitative estimate of drug-likeness (QED) is 0.486. The van der Waals surface area contributed by atoms with Crippen molar-refractivity contribution in [3.8, 4) is 0 Å². The number of thiocarbonyl (C=S) groups is 1. The molecule has 3 N–H and O–H groups in total. The predicted molar refractivity (Wildman–Crippen MR) is 111 cm³/mol. The minimum atomic E-state index is -0.147. The number of nitrogens with one attached hydrogen (secondary N) is 3. The van der Waals surface area contributed by atoms with Crippen molar-refractivity contribution >= 4 is 39.7 Å². The highest BCUT2D eigenvalue weighted by atomic mass is 32.1. The van der Waals surface area contributed by atoms with E-state index in [2.05, 4.69) is 16.2 Å². The van der Waals surface area contributed by atoms with Crippen molar-refractivity contribution in [2.24, 2.45) is 0 Å². The van der Waals surface area contributed by atoms with E-state index in [9.17, 15) is 4.79 Å². The standard InChI is InChI=1S/C21H21N3OS/c1-14-7-5-12-19(15(14)2)22-21(26)24-23-20(25)13-17-10-6-9-16-8-3-4-11-18(16)17/h3-12H,13H2,1-2H3,(H,23,25)(H2,22,24,26). The Bertz CT molecular complexity index is 963. The van der Waals surface area contributed by atoms with Gasteiger partial charge in [0, 0.05) is 5.69 Å². The molecule has 26 heavy (non-hydrogen) atoms. The predicted octanol–water partition coefficient (Wildman–Crippen LogP) is 4.02. The number of aryl methyl sites for hydroxylation is 1. The summed E-state index contributed by atoms with van der Waals surface area (Å²) < 4.78 is 0. The molecule has 132 valence electrons. The van der Waals surface area contributed by atoms with Crippen molar-refractivity contribution in [2.45, 2.75) is 20.3 Å². The number of hydrogen-bond acceptors (Lipinski definition) is 2. The van der Waals surface area contributed by atoms with Gasteiger partial charge in [0.05, 0.1) is 6.42 Å². The number of amides is 1. The Balaban J connectivity index is 1.58. The molecule has 0 atom stereocenters. The van der Waals surface area contributed by atoms with Gasteiger partial charge in [0.1, 0.15) is 0 Å². The first kappa shape index (κ1) is 17.9. The summed E-state index contributed by atoms with van der Waals surface area (Å²) in [5, 5.41) is 5.66. The maximum absolute atomic E-state index is 12.3. The molecule has 0 bridgehead atoms. The molecule has 0 heterocycles. The van der Waals surface area contributed by atoms with Crippen LogP contribution >= 0.6 is 12.2 Å². The number of hydrogen-bond donors (Lipinski definition) is 3. The van der Waals surface area contributed by atoms with Gasteiger partial charge >= 0.3 is 0 Å². The van der Waals surface area contributed by atoms with Gasteiger partial charge in [-0.05, 0) is 59.6 Å². The molecular formula is C21H21N3OS. The molecule has 3 aromatic carbocycles. The minimum absolute atomic E-state index is 0.147. The Kier molecular flexibility index (Phi) is 5.49. The second kappa shape index (κ2) is 7.97. The molecule has 0 aliphatic heterocycles. The molecule has 3 aromatic rings. The number of rotatable bonds is 3. The lowest BCUT2D eigenvalue weighted by molar-refractivity contribution is -0.120. The molecule has 5 heteroatoms. The zero-order chi connectivity index (χ0) is 18.5. The maximum atomic E-state index is 12.3. The summed E-state index contributed by atoms with van der Waals surface area (Å²) in [6.07, 6.45) is 0.278. The van der Waals surface area contributed by atoms with Crippen molar-refractivity contribution in [3.63, 3.8) is 0 Å². The molecule has 0 aliphatic rings. The molecule has 0 saturated carbocycles. The van der Waals surface area contributed by atoms with E-state index in [4.69, 9.17) is 12.2 Å². The lowest BCUT2D eigenvalue weighted by atomic mass is 10.0. The summed E-state index contributed by atoms with van der Waals surface area (Å²) in [5.74, 6) is -0.147. The van der Waals surface area contributed by atoms with Gasteiger partial charge in [-0.1, -0.05) is 54.6 Å². The van der Waals surface area contributed by atoms with Crippen LogP contribution < -0.4 is 16.2 Å². The zero-order valence-corrected chi connectivity index (χ0v) is 15.6. The maximum Gasteiger partial charge on any atom is 0.242 e. The molecule has 0 aromatic heterocycles. The number of fused-ring (bicyclic) bond motifs is 1.